The number of likely N-dealkylation sites (N-methyl/N-ethyl adjacent to an activating group) is 1. The quantitative estimate of drug-likeness (QED) is 0.169. The fourth-order valence-corrected chi connectivity index (χ4v) is 4.38. The maximum atomic E-state index is 12.4. The molecule has 12 heteroatoms. The highest BCUT2D eigenvalue weighted by molar-refractivity contribution is 6.62. The summed E-state index contributed by atoms with van der Waals surface area (Å²) in [5, 5.41) is 24.9. The zero-order valence-electron chi connectivity index (χ0n) is 23.5. The number of amides is 2. The molecule has 4 N–H and O–H groups in total. The van der Waals surface area contributed by atoms with Crippen LogP contribution in [0.2, 0.25) is 0 Å². The fourth-order valence-electron chi connectivity index (χ4n) is 4.38. The molecule has 2 heterocycles. The molecule has 0 bridgehead atoms. The van der Waals surface area contributed by atoms with Crippen LogP contribution in [-0.2, 0) is 27.3 Å². The van der Waals surface area contributed by atoms with Gasteiger partial charge in [0.05, 0.1) is 19.8 Å². The molecule has 2 amide bonds. The van der Waals surface area contributed by atoms with Gasteiger partial charge >= 0.3 is 14.2 Å². The van der Waals surface area contributed by atoms with Gasteiger partial charge in [0, 0.05) is 30.3 Å². The molecule has 2 aromatic rings. The summed E-state index contributed by atoms with van der Waals surface area (Å²) in [5.41, 5.74) is 4.26. The van der Waals surface area contributed by atoms with Gasteiger partial charge in [-0.05, 0) is 54.6 Å². The van der Waals surface area contributed by atoms with Gasteiger partial charge in [-0.25, -0.2) is 0 Å². The summed E-state index contributed by atoms with van der Waals surface area (Å²) in [6.45, 7) is 6.36. The second-order valence-corrected chi connectivity index (χ2v) is 10.2. The number of hydrogen-bond donors (Lipinski definition) is 4. The largest absolute Gasteiger partial charge is 0.491 e. The third-order valence-electron chi connectivity index (χ3n) is 7.10. The molecule has 4 rings (SSSR count). The summed E-state index contributed by atoms with van der Waals surface area (Å²) in [6, 6.07) is 10.4. The van der Waals surface area contributed by atoms with Crippen molar-refractivity contribution in [3.8, 4) is 0 Å². The Labute approximate surface area is 236 Å². The Morgan fingerprint density at radius 3 is 2.30 bits per heavy atom. The van der Waals surface area contributed by atoms with Gasteiger partial charge in [0.1, 0.15) is 6.29 Å². The van der Waals surface area contributed by atoms with Gasteiger partial charge in [-0.1, -0.05) is 50.5 Å². The number of nitrogens with zero attached hydrogens (tertiary/aromatic N) is 1. The Morgan fingerprint density at radius 1 is 1.00 bits per heavy atom. The SMILES string of the molecule is CCCCCCNC(=O)CN(C)C(C)CNC(=O)c1ccc2c(c1)B(O)OC2.O=Cc1ccc2c(c1)B(O)OC2. The van der Waals surface area contributed by atoms with Crippen molar-refractivity contribution in [3.63, 3.8) is 0 Å². The molecule has 0 aliphatic carbocycles. The number of fused-ring (bicyclic) bond motifs is 2. The molecule has 0 saturated heterocycles. The highest BCUT2D eigenvalue weighted by Gasteiger charge is 2.28. The summed E-state index contributed by atoms with van der Waals surface area (Å²) in [5.74, 6) is -0.202. The molecule has 2 aliphatic heterocycles. The van der Waals surface area contributed by atoms with Crippen LogP contribution in [0.1, 0.15) is 71.4 Å². The Morgan fingerprint density at radius 2 is 1.65 bits per heavy atom. The van der Waals surface area contributed by atoms with Gasteiger partial charge in [0.15, 0.2) is 0 Å². The molecule has 0 fully saturated rings. The number of aldehydes is 1. The number of hydrogen-bond acceptors (Lipinski definition) is 8. The maximum absolute atomic E-state index is 12.4. The van der Waals surface area contributed by atoms with Crippen molar-refractivity contribution in [1.82, 2.24) is 15.5 Å². The predicted molar refractivity (Wildman–Crippen MR) is 155 cm³/mol. The van der Waals surface area contributed by atoms with Crippen LogP contribution in [0.25, 0.3) is 0 Å². The molecular weight excluding hydrogens is 512 g/mol. The number of carbonyl (C=O) groups excluding carboxylic acids is 3. The molecule has 2 aliphatic rings. The lowest BCUT2D eigenvalue weighted by atomic mass is 9.79. The van der Waals surface area contributed by atoms with Crippen LogP contribution in [0.4, 0.5) is 0 Å². The van der Waals surface area contributed by atoms with Crippen molar-refractivity contribution in [3.05, 3.63) is 58.7 Å². The molecule has 0 radical (unpaired) electrons. The van der Waals surface area contributed by atoms with Crippen LogP contribution in [0.3, 0.4) is 0 Å². The highest BCUT2D eigenvalue weighted by atomic mass is 16.5. The minimum Gasteiger partial charge on any atom is -0.423 e. The minimum atomic E-state index is -0.965. The first-order valence-electron chi connectivity index (χ1n) is 13.8. The lowest BCUT2D eigenvalue weighted by molar-refractivity contribution is -0.122. The second-order valence-electron chi connectivity index (χ2n) is 10.2. The van der Waals surface area contributed by atoms with Crippen LogP contribution in [-0.4, -0.2) is 80.0 Å². The third kappa shape index (κ3) is 9.00. The number of carbonyl (C=O) groups is 3. The molecule has 0 saturated carbocycles. The van der Waals surface area contributed by atoms with E-state index < -0.39 is 14.2 Å². The van der Waals surface area contributed by atoms with E-state index in [4.69, 9.17) is 9.31 Å². The Hall–Kier alpha value is -3.02. The van der Waals surface area contributed by atoms with Crippen LogP contribution in [0.5, 0.6) is 0 Å². The summed E-state index contributed by atoms with van der Waals surface area (Å²) in [4.78, 5) is 36.7. The minimum absolute atomic E-state index is 0.00443. The van der Waals surface area contributed by atoms with Crippen LogP contribution in [0, 0.1) is 0 Å². The Bertz CT molecular complexity index is 1170. The van der Waals surface area contributed by atoms with Crippen molar-refractivity contribution < 1.29 is 33.7 Å². The van der Waals surface area contributed by atoms with Crippen molar-refractivity contribution >= 4 is 43.3 Å². The van der Waals surface area contributed by atoms with Crippen LogP contribution < -0.4 is 21.6 Å². The molecule has 40 heavy (non-hydrogen) atoms. The maximum Gasteiger partial charge on any atom is 0.491 e. The zero-order valence-corrected chi connectivity index (χ0v) is 23.5. The normalized spacial score (nSPS) is 14.2. The van der Waals surface area contributed by atoms with E-state index in [9.17, 15) is 24.4 Å². The molecule has 10 nitrogen and oxygen atoms in total. The monoisotopic (exact) mass is 551 g/mol. The van der Waals surface area contributed by atoms with Crippen LogP contribution in [0.15, 0.2) is 36.4 Å². The van der Waals surface area contributed by atoms with E-state index in [0.29, 0.717) is 54.9 Å². The van der Waals surface area contributed by atoms with Crippen molar-refractivity contribution in [2.24, 2.45) is 0 Å². The molecule has 1 atom stereocenters. The van der Waals surface area contributed by atoms with Crippen molar-refractivity contribution in [2.75, 3.05) is 26.7 Å². The molecule has 2 aromatic carbocycles. The highest BCUT2D eigenvalue weighted by Crippen LogP contribution is 2.12. The molecular formula is C28H39B2N3O7. The van der Waals surface area contributed by atoms with E-state index in [1.54, 1.807) is 36.4 Å². The summed E-state index contributed by atoms with van der Waals surface area (Å²) < 4.78 is 10.1. The molecule has 214 valence electrons. The Kier molecular flexibility index (Phi) is 12.4. The lowest BCUT2D eigenvalue weighted by Gasteiger charge is -2.24. The second kappa shape index (κ2) is 15.7. The van der Waals surface area contributed by atoms with E-state index >= 15 is 0 Å². The molecule has 0 spiro atoms. The number of benzene rings is 2. The first kappa shape index (κ1) is 31.5. The average Bonchev–Trinajstić information content (AvgIpc) is 3.52. The van der Waals surface area contributed by atoms with E-state index in [0.717, 1.165) is 30.3 Å². The summed E-state index contributed by atoms with van der Waals surface area (Å²) in [7, 11) is 0.0459. The van der Waals surface area contributed by atoms with Gasteiger partial charge in [0.2, 0.25) is 5.91 Å². The van der Waals surface area contributed by atoms with E-state index in [1.807, 2.05) is 18.9 Å². The van der Waals surface area contributed by atoms with Gasteiger partial charge in [-0.3, -0.25) is 19.3 Å². The average molecular weight is 551 g/mol. The van der Waals surface area contributed by atoms with Gasteiger partial charge in [-0.15, -0.1) is 0 Å². The number of nitrogens with one attached hydrogen (secondary N) is 2. The summed E-state index contributed by atoms with van der Waals surface area (Å²) >= 11 is 0. The Balaban J connectivity index is 0.000000302. The molecule has 0 aromatic heterocycles. The van der Waals surface area contributed by atoms with Gasteiger partial charge in [-0.2, -0.15) is 0 Å². The topological polar surface area (TPSA) is 137 Å². The number of unbranched alkanes of at least 4 members (excludes halogenated alkanes) is 3. The van der Waals surface area contributed by atoms with Crippen molar-refractivity contribution in [2.45, 2.75) is 58.8 Å². The predicted octanol–water partition coefficient (Wildman–Crippen LogP) is 0.368. The van der Waals surface area contributed by atoms with E-state index in [-0.39, 0.29) is 17.9 Å². The van der Waals surface area contributed by atoms with Gasteiger partial charge < -0.3 is 30.0 Å². The van der Waals surface area contributed by atoms with Crippen LogP contribution >= 0.6 is 0 Å². The fraction of sp³-hybridized carbons (Fsp3) is 0.464. The number of rotatable bonds is 12. The first-order chi connectivity index (χ1) is 19.2. The zero-order chi connectivity index (χ0) is 29.1. The third-order valence-corrected chi connectivity index (χ3v) is 7.10. The van der Waals surface area contributed by atoms with Crippen molar-refractivity contribution in [1.29, 1.82) is 0 Å². The smallest absolute Gasteiger partial charge is 0.423 e. The first-order valence-corrected chi connectivity index (χ1v) is 13.8. The standard InChI is InChI=1S/C20H32BN3O4.C8H7BO3/c1-4-5-6-7-10-22-19(25)13-24(3)15(2)12-23-20(26)16-8-9-17-14-28-21(27)18(17)11-16;10-4-6-1-2-7-5-12-9(11)8(7)3-6/h8-9,11,15,27H,4-7,10,12-14H2,1-3H3,(H,22,25)(H,23,26);1-4,11H,5H2. The van der Waals surface area contributed by atoms with E-state index in [2.05, 4.69) is 17.6 Å². The summed E-state index contributed by atoms with van der Waals surface area (Å²) in [6.07, 6.45) is 5.28. The molecule has 1 unspecified atom stereocenters. The van der Waals surface area contributed by atoms with Gasteiger partial charge in [0.25, 0.3) is 5.91 Å². The van der Waals surface area contributed by atoms with E-state index in [1.165, 1.54) is 12.8 Å². The lowest BCUT2D eigenvalue weighted by Crippen LogP contribution is -2.44.